The number of nitrogens with two attached hydrogens (primary N) is 1. The van der Waals surface area contributed by atoms with Gasteiger partial charge in [-0.15, -0.1) is 0 Å². The first-order valence-corrected chi connectivity index (χ1v) is 3.86. The van der Waals surface area contributed by atoms with E-state index in [4.69, 9.17) is 5.73 Å². The lowest BCUT2D eigenvalue weighted by molar-refractivity contribution is -0.107. The number of nitrogens with one attached hydrogen (secondary N) is 1. The summed E-state index contributed by atoms with van der Waals surface area (Å²) >= 11 is 0. The molecule has 1 rings (SSSR count). The third-order valence-corrected chi connectivity index (χ3v) is 1.48. The number of anilines is 2. The third kappa shape index (κ3) is 2.62. The molecule has 0 saturated carbocycles. The van der Waals surface area contributed by atoms with Crippen LogP contribution in [-0.2, 0) is 4.79 Å². The number of carbonyl (C=O) groups is 1. The van der Waals surface area contributed by atoms with E-state index in [1.807, 2.05) is 24.3 Å². The fourth-order valence-corrected chi connectivity index (χ4v) is 0.924. The summed E-state index contributed by atoms with van der Waals surface area (Å²) in [6.45, 7) is 0.660. The molecule has 0 amide bonds. The summed E-state index contributed by atoms with van der Waals surface area (Å²) < 4.78 is 0. The average molecular weight is 164 g/mol. The molecule has 0 aliphatic rings. The van der Waals surface area contributed by atoms with Gasteiger partial charge in [0.25, 0.3) is 0 Å². The van der Waals surface area contributed by atoms with E-state index in [9.17, 15) is 4.79 Å². The predicted octanol–water partition coefficient (Wildman–Crippen LogP) is 1.27. The minimum atomic E-state index is 0.523. The second-order valence-electron chi connectivity index (χ2n) is 2.51. The fourth-order valence-electron chi connectivity index (χ4n) is 0.924. The molecule has 0 aliphatic carbocycles. The maximum absolute atomic E-state index is 10.00. The first-order valence-electron chi connectivity index (χ1n) is 3.86. The summed E-state index contributed by atoms with van der Waals surface area (Å²) in [5.74, 6) is 0. The highest BCUT2D eigenvalue weighted by atomic mass is 16.1. The lowest BCUT2D eigenvalue weighted by Gasteiger charge is -2.03. The highest BCUT2D eigenvalue weighted by Gasteiger charge is 1.90. The highest BCUT2D eigenvalue weighted by molar-refractivity contribution is 5.55. The van der Waals surface area contributed by atoms with E-state index >= 15 is 0 Å². The van der Waals surface area contributed by atoms with E-state index in [1.54, 1.807) is 0 Å². The zero-order valence-electron chi connectivity index (χ0n) is 6.79. The summed E-state index contributed by atoms with van der Waals surface area (Å²) in [6, 6.07) is 7.45. The molecular weight excluding hydrogens is 152 g/mol. The van der Waals surface area contributed by atoms with E-state index in [0.717, 1.165) is 17.7 Å². The van der Waals surface area contributed by atoms with Gasteiger partial charge in [-0.05, 0) is 18.2 Å². The van der Waals surface area contributed by atoms with Crippen molar-refractivity contribution >= 4 is 17.7 Å². The molecule has 12 heavy (non-hydrogen) atoms. The van der Waals surface area contributed by atoms with Crippen LogP contribution in [0, 0.1) is 0 Å². The molecule has 3 N–H and O–H groups in total. The molecule has 64 valence electrons. The van der Waals surface area contributed by atoms with Crippen LogP contribution in [0.4, 0.5) is 11.4 Å². The number of benzene rings is 1. The summed E-state index contributed by atoms with van der Waals surface area (Å²) in [7, 11) is 0. The van der Waals surface area contributed by atoms with E-state index < -0.39 is 0 Å². The van der Waals surface area contributed by atoms with Crippen LogP contribution < -0.4 is 11.1 Å². The Labute approximate surface area is 71.6 Å². The minimum Gasteiger partial charge on any atom is -0.399 e. The Bertz CT molecular complexity index is 260. The molecular formula is C9H12N2O. The number of carbonyl (C=O) groups excluding carboxylic acids is 1. The van der Waals surface area contributed by atoms with Crippen molar-refractivity contribution < 1.29 is 4.79 Å². The summed E-state index contributed by atoms with van der Waals surface area (Å²) in [5, 5.41) is 3.08. The van der Waals surface area contributed by atoms with Crippen LogP contribution in [-0.4, -0.2) is 12.8 Å². The number of hydrogen-bond donors (Lipinski definition) is 2. The fraction of sp³-hybridized carbons (Fsp3) is 0.222. The van der Waals surface area contributed by atoms with Crippen LogP contribution in [0.3, 0.4) is 0 Å². The van der Waals surface area contributed by atoms with Gasteiger partial charge in [0.2, 0.25) is 0 Å². The molecule has 0 aromatic heterocycles. The van der Waals surface area contributed by atoms with Crippen molar-refractivity contribution in [2.75, 3.05) is 17.6 Å². The molecule has 3 heteroatoms. The Morgan fingerprint density at radius 2 is 2.33 bits per heavy atom. The van der Waals surface area contributed by atoms with Gasteiger partial charge in [0.05, 0.1) is 0 Å². The van der Waals surface area contributed by atoms with Crippen LogP contribution in [0.2, 0.25) is 0 Å². The Morgan fingerprint density at radius 3 is 3.00 bits per heavy atom. The molecule has 0 unspecified atom stereocenters. The van der Waals surface area contributed by atoms with Crippen LogP contribution in [0.5, 0.6) is 0 Å². The maximum atomic E-state index is 10.00. The van der Waals surface area contributed by atoms with Gasteiger partial charge < -0.3 is 15.8 Å². The van der Waals surface area contributed by atoms with E-state index in [0.29, 0.717) is 13.0 Å². The third-order valence-electron chi connectivity index (χ3n) is 1.48. The second-order valence-corrected chi connectivity index (χ2v) is 2.51. The maximum Gasteiger partial charge on any atom is 0.121 e. The zero-order valence-corrected chi connectivity index (χ0v) is 6.79. The van der Waals surface area contributed by atoms with Gasteiger partial charge in [0.15, 0.2) is 0 Å². The zero-order chi connectivity index (χ0) is 8.81. The van der Waals surface area contributed by atoms with Crippen molar-refractivity contribution in [3.05, 3.63) is 24.3 Å². The minimum absolute atomic E-state index is 0.523. The van der Waals surface area contributed by atoms with Crippen molar-refractivity contribution in [3.8, 4) is 0 Å². The van der Waals surface area contributed by atoms with E-state index in [2.05, 4.69) is 5.32 Å². The van der Waals surface area contributed by atoms with Gasteiger partial charge in [-0.2, -0.15) is 0 Å². The van der Waals surface area contributed by atoms with Crippen LogP contribution in [0.15, 0.2) is 24.3 Å². The number of rotatable bonds is 4. The summed E-state index contributed by atoms with van der Waals surface area (Å²) in [6.07, 6.45) is 1.41. The van der Waals surface area contributed by atoms with Crippen LogP contribution in [0.25, 0.3) is 0 Å². The van der Waals surface area contributed by atoms with Gasteiger partial charge >= 0.3 is 0 Å². The Morgan fingerprint density at radius 1 is 1.50 bits per heavy atom. The molecule has 0 radical (unpaired) electrons. The van der Waals surface area contributed by atoms with Gasteiger partial charge in [0.1, 0.15) is 6.29 Å². The molecule has 1 aromatic rings. The second kappa shape index (κ2) is 4.38. The Balaban J connectivity index is 2.46. The van der Waals surface area contributed by atoms with Crippen molar-refractivity contribution in [1.29, 1.82) is 0 Å². The summed E-state index contributed by atoms with van der Waals surface area (Å²) in [4.78, 5) is 10.00. The first kappa shape index (κ1) is 8.59. The molecule has 0 spiro atoms. The smallest absolute Gasteiger partial charge is 0.121 e. The van der Waals surface area contributed by atoms with Gasteiger partial charge in [-0.3, -0.25) is 0 Å². The first-order chi connectivity index (χ1) is 5.83. The van der Waals surface area contributed by atoms with Gasteiger partial charge in [-0.1, -0.05) is 6.07 Å². The lowest BCUT2D eigenvalue weighted by atomic mass is 10.3. The number of aldehydes is 1. The van der Waals surface area contributed by atoms with Crippen molar-refractivity contribution in [1.82, 2.24) is 0 Å². The van der Waals surface area contributed by atoms with Crippen molar-refractivity contribution in [2.45, 2.75) is 6.42 Å². The molecule has 0 saturated heterocycles. The quantitative estimate of drug-likeness (QED) is 0.400. The molecule has 0 bridgehead atoms. The average Bonchev–Trinajstić information content (AvgIpc) is 2.05. The molecule has 0 atom stereocenters. The highest BCUT2D eigenvalue weighted by Crippen LogP contribution is 2.10. The monoisotopic (exact) mass is 164 g/mol. The normalized spacial score (nSPS) is 9.33. The van der Waals surface area contributed by atoms with Crippen LogP contribution >= 0.6 is 0 Å². The van der Waals surface area contributed by atoms with Crippen molar-refractivity contribution in [3.63, 3.8) is 0 Å². The van der Waals surface area contributed by atoms with E-state index in [1.165, 1.54) is 0 Å². The summed E-state index contributed by atoms with van der Waals surface area (Å²) in [5.41, 5.74) is 7.24. The van der Waals surface area contributed by atoms with Crippen molar-refractivity contribution in [2.24, 2.45) is 0 Å². The number of nitrogen functional groups attached to an aromatic ring is 1. The Hall–Kier alpha value is -1.51. The molecule has 3 nitrogen and oxygen atoms in total. The molecule has 1 aromatic carbocycles. The molecule has 0 aliphatic heterocycles. The SMILES string of the molecule is Nc1cccc(NCCC=O)c1. The topological polar surface area (TPSA) is 55.1 Å². The Kier molecular flexibility index (Phi) is 3.14. The standard InChI is InChI=1S/C9H12N2O/c10-8-3-1-4-9(7-8)11-5-2-6-12/h1,3-4,6-7,11H,2,5,10H2. The van der Waals surface area contributed by atoms with Gasteiger partial charge in [-0.25, -0.2) is 0 Å². The molecule has 0 fully saturated rings. The predicted molar refractivity (Wildman–Crippen MR) is 50.0 cm³/mol. The number of hydrogen-bond acceptors (Lipinski definition) is 3. The largest absolute Gasteiger partial charge is 0.399 e. The van der Waals surface area contributed by atoms with Gasteiger partial charge in [0, 0.05) is 24.3 Å². The van der Waals surface area contributed by atoms with Crippen LogP contribution in [0.1, 0.15) is 6.42 Å². The lowest BCUT2D eigenvalue weighted by Crippen LogP contribution is -2.01. The molecule has 0 heterocycles. The van der Waals surface area contributed by atoms with E-state index in [-0.39, 0.29) is 0 Å².